The summed E-state index contributed by atoms with van der Waals surface area (Å²) in [5, 5.41) is 2.81. The minimum Gasteiger partial charge on any atom is -0.493 e. The van der Waals surface area contributed by atoms with E-state index in [1.807, 2.05) is 12.1 Å². The minimum atomic E-state index is -0.0883. The molecule has 0 bridgehead atoms. The molecule has 1 amide bonds. The van der Waals surface area contributed by atoms with Gasteiger partial charge in [-0.1, -0.05) is 0 Å². The maximum atomic E-state index is 11.8. The summed E-state index contributed by atoms with van der Waals surface area (Å²) in [7, 11) is 3.13. The molecule has 2 rings (SSSR count). The molecule has 1 heterocycles. The maximum absolute atomic E-state index is 11.8. The lowest BCUT2D eigenvalue weighted by Gasteiger charge is -2.10. The molecule has 100 valence electrons. The van der Waals surface area contributed by atoms with Crippen molar-refractivity contribution in [1.82, 2.24) is 4.98 Å². The van der Waals surface area contributed by atoms with E-state index in [0.717, 1.165) is 5.69 Å². The standard InChI is InChI=1S/C14H16N2O3/c1-18-12-6-5-11(8-13(12)19-2)16-14(17)9-10-4-3-7-15-10/h3-8,15H,9H2,1-2H3,(H,16,17). The summed E-state index contributed by atoms with van der Waals surface area (Å²) in [6, 6.07) is 8.98. The number of anilines is 1. The Labute approximate surface area is 111 Å². The number of carbonyl (C=O) groups excluding carboxylic acids is 1. The van der Waals surface area contributed by atoms with Crippen LogP contribution in [0, 0.1) is 0 Å². The molecule has 0 aliphatic carbocycles. The van der Waals surface area contributed by atoms with Crippen LogP contribution < -0.4 is 14.8 Å². The number of ether oxygens (including phenoxy) is 2. The molecule has 5 nitrogen and oxygen atoms in total. The fourth-order valence-corrected chi connectivity index (χ4v) is 1.77. The highest BCUT2D eigenvalue weighted by molar-refractivity contribution is 5.92. The van der Waals surface area contributed by atoms with Crippen molar-refractivity contribution in [2.45, 2.75) is 6.42 Å². The Hall–Kier alpha value is -2.43. The number of hydrogen-bond donors (Lipinski definition) is 2. The van der Waals surface area contributed by atoms with Crippen molar-refractivity contribution < 1.29 is 14.3 Å². The Kier molecular flexibility index (Phi) is 4.07. The van der Waals surface area contributed by atoms with Gasteiger partial charge in [-0.25, -0.2) is 0 Å². The highest BCUT2D eigenvalue weighted by atomic mass is 16.5. The Bertz CT molecular complexity index is 550. The van der Waals surface area contributed by atoms with Gasteiger partial charge in [0.05, 0.1) is 20.6 Å². The molecule has 0 unspecified atom stereocenters. The second-order valence-corrected chi connectivity index (χ2v) is 3.99. The van der Waals surface area contributed by atoms with Gasteiger partial charge in [0.1, 0.15) is 0 Å². The van der Waals surface area contributed by atoms with Gasteiger partial charge in [0.15, 0.2) is 11.5 Å². The van der Waals surface area contributed by atoms with Crippen LogP contribution >= 0.6 is 0 Å². The quantitative estimate of drug-likeness (QED) is 0.866. The molecule has 19 heavy (non-hydrogen) atoms. The fourth-order valence-electron chi connectivity index (χ4n) is 1.77. The van der Waals surface area contributed by atoms with Gasteiger partial charge in [-0.2, -0.15) is 0 Å². The Morgan fingerprint density at radius 3 is 2.63 bits per heavy atom. The zero-order chi connectivity index (χ0) is 13.7. The summed E-state index contributed by atoms with van der Waals surface area (Å²) in [5.74, 6) is 1.12. The Balaban J connectivity index is 2.04. The molecule has 2 aromatic rings. The van der Waals surface area contributed by atoms with Gasteiger partial charge in [-0.3, -0.25) is 4.79 Å². The smallest absolute Gasteiger partial charge is 0.230 e. The van der Waals surface area contributed by atoms with Crippen LogP contribution in [0.4, 0.5) is 5.69 Å². The number of rotatable bonds is 5. The van der Waals surface area contributed by atoms with Gasteiger partial charge in [-0.05, 0) is 24.3 Å². The van der Waals surface area contributed by atoms with Gasteiger partial charge in [-0.15, -0.1) is 0 Å². The molecule has 0 aliphatic rings. The fraction of sp³-hybridized carbons (Fsp3) is 0.214. The van der Waals surface area contributed by atoms with E-state index in [0.29, 0.717) is 23.6 Å². The summed E-state index contributed by atoms with van der Waals surface area (Å²) in [5.41, 5.74) is 1.55. The van der Waals surface area contributed by atoms with Gasteiger partial charge in [0, 0.05) is 23.6 Å². The number of nitrogens with one attached hydrogen (secondary N) is 2. The summed E-state index contributed by atoms with van der Waals surface area (Å²) >= 11 is 0. The monoisotopic (exact) mass is 260 g/mol. The number of H-pyrrole nitrogens is 1. The molecule has 0 saturated carbocycles. The predicted molar refractivity (Wildman–Crippen MR) is 72.7 cm³/mol. The first kappa shape index (κ1) is 13.0. The third-order valence-corrected chi connectivity index (χ3v) is 2.68. The first-order valence-corrected chi connectivity index (χ1v) is 5.87. The normalized spacial score (nSPS) is 10.0. The van der Waals surface area contributed by atoms with Crippen LogP contribution in [0.25, 0.3) is 0 Å². The van der Waals surface area contributed by atoms with E-state index in [1.165, 1.54) is 0 Å². The molecular weight excluding hydrogens is 244 g/mol. The predicted octanol–water partition coefficient (Wildman–Crippen LogP) is 2.21. The molecule has 5 heteroatoms. The topological polar surface area (TPSA) is 63.3 Å². The van der Waals surface area contributed by atoms with Crippen molar-refractivity contribution in [3.63, 3.8) is 0 Å². The van der Waals surface area contributed by atoms with Crippen LogP contribution in [0.15, 0.2) is 36.5 Å². The number of benzene rings is 1. The molecule has 0 saturated heterocycles. The molecule has 0 atom stereocenters. The maximum Gasteiger partial charge on any atom is 0.230 e. The van der Waals surface area contributed by atoms with Crippen molar-refractivity contribution in [2.75, 3.05) is 19.5 Å². The van der Waals surface area contributed by atoms with Crippen molar-refractivity contribution in [1.29, 1.82) is 0 Å². The van der Waals surface area contributed by atoms with Crippen molar-refractivity contribution in [3.8, 4) is 11.5 Å². The minimum absolute atomic E-state index is 0.0883. The average Bonchev–Trinajstić information content (AvgIpc) is 2.91. The largest absolute Gasteiger partial charge is 0.493 e. The second-order valence-electron chi connectivity index (χ2n) is 3.99. The van der Waals surface area contributed by atoms with E-state index in [4.69, 9.17) is 9.47 Å². The number of aromatic amines is 1. The van der Waals surface area contributed by atoms with Gasteiger partial charge >= 0.3 is 0 Å². The second kappa shape index (κ2) is 5.95. The van der Waals surface area contributed by atoms with E-state index >= 15 is 0 Å². The lowest BCUT2D eigenvalue weighted by atomic mass is 10.2. The first-order chi connectivity index (χ1) is 9.22. The van der Waals surface area contributed by atoms with Crippen molar-refractivity contribution in [2.24, 2.45) is 0 Å². The van der Waals surface area contributed by atoms with Crippen LogP contribution in [-0.4, -0.2) is 25.1 Å². The first-order valence-electron chi connectivity index (χ1n) is 5.87. The highest BCUT2D eigenvalue weighted by Gasteiger charge is 2.08. The molecule has 0 spiro atoms. The number of aromatic nitrogens is 1. The number of amides is 1. The number of carbonyl (C=O) groups is 1. The molecule has 2 N–H and O–H groups in total. The molecule has 0 aliphatic heterocycles. The molecule has 1 aromatic heterocycles. The number of methoxy groups -OCH3 is 2. The highest BCUT2D eigenvalue weighted by Crippen LogP contribution is 2.29. The molecule has 1 aromatic carbocycles. The Morgan fingerprint density at radius 1 is 1.21 bits per heavy atom. The van der Waals surface area contributed by atoms with Crippen molar-refractivity contribution >= 4 is 11.6 Å². The van der Waals surface area contributed by atoms with Gasteiger partial charge in [0.2, 0.25) is 5.91 Å². The van der Waals surface area contributed by atoms with Crippen LogP contribution in [0.1, 0.15) is 5.69 Å². The van der Waals surface area contributed by atoms with Crippen molar-refractivity contribution in [3.05, 3.63) is 42.2 Å². The van der Waals surface area contributed by atoms with Gasteiger partial charge in [0.25, 0.3) is 0 Å². The summed E-state index contributed by atoms with van der Waals surface area (Å²) in [4.78, 5) is 14.8. The zero-order valence-corrected chi connectivity index (χ0v) is 10.9. The van der Waals surface area contributed by atoms with E-state index in [-0.39, 0.29) is 5.91 Å². The summed E-state index contributed by atoms with van der Waals surface area (Å²) in [6.07, 6.45) is 2.10. The van der Waals surface area contributed by atoms with Crippen LogP contribution in [-0.2, 0) is 11.2 Å². The van der Waals surface area contributed by atoms with Crippen LogP contribution in [0.2, 0.25) is 0 Å². The molecule has 0 radical (unpaired) electrons. The SMILES string of the molecule is COc1ccc(NC(=O)Cc2ccc[nH]2)cc1OC. The zero-order valence-electron chi connectivity index (χ0n) is 10.9. The van der Waals surface area contributed by atoms with Crippen LogP contribution in [0.5, 0.6) is 11.5 Å². The number of hydrogen-bond acceptors (Lipinski definition) is 3. The van der Waals surface area contributed by atoms with Gasteiger partial charge < -0.3 is 19.8 Å². The molecule has 0 fully saturated rings. The van der Waals surface area contributed by atoms with E-state index in [9.17, 15) is 4.79 Å². The lowest BCUT2D eigenvalue weighted by Crippen LogP contribution is -2.14. The summed E-state index contributed by atoms with van der Waals surface area (Å²) < 4.78 is 10.3. The lowest BCUT2D eigenvalue weighted by molar-refractivity contribution is -0.115. The third-order valence-electron chi connectivity index (χ3n) is 2.68. The summed E-state index contributed by atoms with van der Waals surface area (Å²) in [6.45, 7) is 0. The van der Waals surface area contributed by atoms with E-state index < -0.39 is 0 Å². The average molecular weight is 260 g/mol. The Morgan fingerprint density at radius 2 is 2.00 bits per heavy atom. The van der Waals surface area contributed by atoms with E-state index in [2.05, 4.69) is 10.3 Å². The van der Waals surface area contributed by atoms with Crippen LogP contribution in [0.3, 0.4) is 0 Å². The van der Waals surface area contributed by atoms with E-state index in [1.54, 1.807) is 38.6 Å². The molecular formula is C14H16N2O3. The third kappa shape index (κ3) is 3.28.